The highest BCUT2D eigenvalue weighted by Gasteiger charge is 2.13. The van der Waals surface area contributed by atoms with Crippen LogP contribution in [0.3, 0.4) is 0 Å². The fourth-order valence-corrected chi connectivity index (χ4v) is 2.16. The lowest BCUT2D eigenvalue weighted by molar-refractivity contribution is 0.628. The Bertz CT molecular complexity index is 579. The predicted octanol–water partition coefficient (Wildman–Crippen LogP) is 3.06. The molecule has 2 rings (SSSR count). The molecule has 0 amide bonds. The maximum atomic E-state index is 13.0. The van der Waals surface area contributed by atoms with Crippen LogP contribution in [0.4, 0.5) is 15.9 Å². The molecule has 0 aliphatic rings. The number of pyridine rings is 1. The highest BCUT2D eigenvalue weighted by Crippen LogP contribution is 2.27. The topological polar surface area (TPSA) is 42.1 Å². The molecule has 2 aromatic rings. The van der Waals surface area contributed by atoms with Gasteiger partial charge in [0.1, 0.15) is 11.6 Å². The number of aromatic nitrogens is 1. The average molecular weight is 259 g/mol. The van der Waals surface area contributed by atoms with Gasteiger partial charge in [-0.1, -0.05) is 0 Å². The Balaban J connectivity index is 2.48. The van der Waals surface area contributed by atoms with Crippen molar-refractivity contribution < 1.29 is 4.39 Å². The summed E-state index contributed by atoms with van der Waals surface area (Å²) in [5.74, 6) is 0.580. The van der Waals surface area contributed by atoms with Crippen molar-refractivity contribution >= 4 is 11.5 Å². The highest BCUT2D eigenvalue weighted by molar-refractivity contribution is 5.63. The molecule has 1 aromatic heterocycles. The summed E-state index contributed by atoms with van der Waals surface area (Å²) in [7, 11) is 1.91. The molecule has 0 radical (unpaired) electrons. The molecule has 0 fully saturated rings. The number of anilines is 2. The summed E-state index contributed by atoms with van der Waals surface area (Å²) in [5.41, 5.74) is 9.78. The number of aryl methyl sites for hydroxylation is 2. The van der Waals surface area contributed by atoms with Gasteiger partial charge < -0.3 is 10.6 Å². The van der Waals surface area contributed by atoms with E-state index in [1.54, 1.807) is 12.1 Å². The Kier molecular flexibility index (Phi) is 3.81. The Morgan fingerprint density at radius 2 is 1.84 bits per heavy atom. The maximum absolute atomic E-state index is 13.0. The molecule has 100 valence electrons. The van der Waals surface area contributed by atoms with Gasteiger partial charge in [0.05, 0.1) is 0 Å². The molecule has 0 spiro atoms. The Hall–Kier alpha value is -1.94. The summed E-state index contributed by atoms with van der Waals surface area (Å²) < 4.78 is 13.0. The molecular weight excluding hydrogens is 241 g/mol. The van der Waals surface area contributed by atoms with Crippen LogP contribution in [0, 0.1) is 19.7 Å². The van der Waals surface area contributed by atoms with Gasteiger partial charge in [-0.2, -0.15) is 0 Å². The molecule has 0 atom stereocenters. The molecule has 4 heteroatoms. The van der Waals surface area contributed by atoms with Crippen LogP contribution in [-0.2, 0) is 6.54 Å². The van der Waals surface area contributed by atoms with E-state index in [1.807, 2.05) is 31.9 Å². The molecule has 1 heterocycles. The molecule has 0 saturated carbocycles. The van der Waals surface area contributed by atoms with Crippen LogP contribution < -0.4 is 10.6 Å². The molecule has 19 heavy (non-hydrogen) atoms. The first-order valence-corrected chi connectivity index (χ1v) is 6.19. The maximum Gasteiger partial charge on any atom is 0.137 e. The Morgan fingerprint density at radius 1 is 1.21 bits per heavy atom. The van der Waals surface area contributed by atoms with Gasteiger partial charge in [-0.3, -0.25) is 0 Å². The number of hydrogen-bond acceptors (Lipinski definition) is 3. The number of nitrogens with zero attached hydrogens (tertiary/aromatic N) is 2. The van der Waals surface area contributed by atoms with Gasteiger partial charge in [-0.25, -0.2) is 9.37 Å². The summed E-state index contributed by atoms with van der Waals surface area (Å²) in [4.78, 5) is 6.49. The quantitative estimate of drug-likeness (QED) is 0.921. The van der Waals surface area contributed by atoms with Gasteiger partial charge in [0, 0.05) is 30.5 Å². The van der Waals surface area contributed by atoms with E-state index in [4.69, 9.17) is 5.73 Å². The van der Waals surface area contributed by atoms with Crippen molar-refractivity contribution in [1.82, 2.24) is 4.98 Å². The number of benzene rings is 1. The van der Waals surface area contributed by atoms with Gasteiger partial charge in [0.2, 0.25) is 0 Å². The van der Waals surface area contributed by atoms with E-state index in [0.29, 0.717) is 6.54 Å². The lowest BCUT2D eigenvalue weighted by Crippen LogP contribution is -2.16. The molecule has 0 unspecified atom stereocenters. The van der Waals surface area contributed by atoms with Crippen molar-refractivity contribution in [1.29, 1.82) is 0 Å². The second-order valence-electron chi connectivity index (χ2n) is 4.62. The normalized spacial score (nSPS) is 10.6. The Morgan fingerprint density at radius 3 is 2.42 bits per heavy atom. The van der Waals surface area contributed by atoms with Crippen molar-refractivity contribution in [2.75, 3.05) is 11.9 Å². The van der Waals surface area contributed by atoms with E-state index in [9.17, 15) is 4.39 Å². The zero-order valence-corrected chi connectivity index (χ0v) is 11.4. The smallest absolute Gasteiger partial charge is 0.137 e. The standard InChI is InChI=1S/C15H18FN3/c1-10-8-11(2)18-15(14(10)9-17)19(3)13-6-4-12(16)5-7-13/h4-8H,9,17H2,1-3H3. The minimum Gasteiger partial charge on any atom is -0.329 e. The summed E-state index contributed by atoms with van der Waals surface area (Å²) in [5, 5.41) is 0. The highest BCUT2D eigenvalue weighted by atomic mass is 19.1. The zero-order valence-electron chi connectivity index (χ0n) is 11.4. The minimum atomic E-state index is -0.246. The zero-order chi connectivity index (χ0) is 14.0. The molecule has 1 aromatic carbocycles. The SMILES string of the molecule is Cc1cc(C)c(CN)c(N(C)c2ccc(F)cc2)n1. The third-order valence-electron chi connectivity index (χ3n) is 3.19. The molecule has 3 nitrogen and oxygen atoms in total. The molecule has 0 saturated heterocycles. The van der Waals surface area contributed by atoms with Crippen LogP contribution in [0.2, 0.25) is 0 Å². The lowest BCUT2D eigenvalue weighted by Gasteiger charge is -2.22. The number of rotatable bonds is 3. The summed E-state index contributed by atoms with van der Waals surface area (Å²) in [6, 6.07) is 8.36. The van der Waals surface area contributed by atoms with E-state index in [2.05, 4.69) is 4.98 Å². The molecule has 0 aliphatic heterocycles. The lowest BCUT2D eigenvalue weighted by atomic mass is 10.1. The van der Waals surface area contributed by atoms with Crippen LogP contribution in [0.25, 0.3) is 0 Å². The van der Waals surface area contributed by atoms with Crippen LogP contribution in [0.15, 0.2) is 30.3 Å². The fraction of sp³-hybridized carbons (Fsp3) is 0.267. The first-order valence-electron chi connectivity index (χ1n) is 6.19. The second kappa shape index (κ2) is 5.36. The molecular formula is C15H18FN3. The van der Waals surface area contributed by atoms with E-state index >= 15 is 0 Å². The largest absolute Gasteiger partial charge is 0.329 e. The number of hydrogen-bond donors (Lipinski definition) is 1. The van der Waals surface area contributed by atoms with Crippen LogP contribution in [0.5, 0.6) is 0 Å². The van der Waals surface area contributed by atoms with Crippen molar-refractivity contribution in [2.24, 2.45) is 5.73 Å². The fourth-order valence-electron chi connectivity index (χ4n) is 2.16. The third kappa shape index (κ3) is 2.74. The van der Waals surface area contributed by atoms with Gasteiger partial charge >= 0.3 is 0 Å². The van der Waals surface area contributed by atoms with Gasteiger partial charge in [0.25, 0.3) is 0 Å². The molecule has 0 bridgehead atoms. The third-order valence-corrected chi connectivity index (χ3v) is 3.19. The monoisotopic (exact) mass is 259 g/mol. The predicted molar refractivity (Wildman–Crippen MR) is 76.1 cm³/mol. The van der Waals surface area contributed by atoms with Crippen molar-refractivity contribution in [2.45, 2.75) is 20.4 Å². The van der Waals surface area contributed by atoms with Crippen LogP contribution in [-0.4, -0.2) is 12.0 Å². The first-order chi connectivity index (χ1) is 9.02. The number of nitrogens with two attached hydrogens (primary N) is 1. The first kappa shape index (κ1) is 13.5. The van der Waals surface area contributed by atoms with Crippen molar-refractivity contribution in [3.63, 3.8) is 0 Å². The van der Waals surface area contributed by atoms with E-state index in [-0.39, 0.29) is 5.82 Å². The van der Waals surface area contributed by atoms with E-state index in [0.717, 1.165) is 28.3 Å². The minimum absolute atomic E-state index is 0.246. The Labute approximate surface area is 112 Å². The van der Waals surface area contributed by atoms with Gasteiger partial charge in [-0.15, -0.1) is 0 Å². The van der Waals surface area contributed by atoms with Gasteiger partial charge in [0.15, 0.2) is 0 Å². The van der Waals surface area contributed by atoms with Crippen molar-refractivity contribution in [3.05, 3.63) is 53.0 Å². The summed E-state index contributed by atoms with van der Waals surface area (Å²) in [6.07, 6.45) is 0. The molecule has 0 aliphatic carbocycles. The summed E-state index contributed by atoms with van der Waals surface area (Å²) in [6.45, 7) is 4.41. The van der Waals surface area contributed by atoms with Crippen molar-refractivity contribution in [3.8, 4) is 0 Å². The van der Waals surface area contributed by atoms with Gasteiger partial charge in [-0.05, 0) is 49.7 Å². The van der Waals surface area contributed by atoms with Crippen LogP contribution in [0.1, 0.15) is 16.8 Å². The number of halogens is 1. The molecule has 2 N–H and O–H groups in total. The van der Waals surface area contributed by atoms with E-state index in [1.165, 1.54) is 12.1 Å². The summed E-state index contributed by atoms with van der Waals surface area (Å²) >= 11 is 0. The van der Waals surface area contributed by atoms with Crippen LogP contribution >= 0.6 is 0 Å². The average Bonchev–Trinajstić information content (AvgIpc) is 2.38. The second-order valence-corrected chi connectivity index (χ2v) is 4.62. The van der Waals surface area contributed by atoms with E-state index < -0.39 is 0 Å².